The zero-order valence-corrected chi connectivity index (χ0v) is 11.1. The van der Waals surface area contributed by atoms with Crippen molar-refractivity contribution in [1.29, 1.82) is 0 Å². The van der Waals surface area contributed by atoms with E-state index < -0.39 is 10.0 Å². The summed E-state index contributed by atoms with van der Waals surface area (Å²) in [5, 5.41) is 3.64. The van der Waals surface area contributed by atoms with Gasteiger partial charge < -0.3 is 10.3 Å². The van der Waals surface area contributed by atoms with Gasteiger partial charge in [-0.1, -0.05) is 29.4 Å². The maximum absolute atomic E-state index is 11.9. The van der Waals surface area contributed by atoms with Crippen molar-refractivity contribution in [1.82, 2.24) is 9.88 Å². The molecule has 0 amide bonds. The molecule has 0 fully saturated rings. The third-order valence-corrected chi connectivity index (χ3v) is 3.85. The Kier molecular flexibility index (Phi) is 4.31. The third kappa shape index (κ3) is 4.16. The van der Waals surface area contributed by atoms with Crippen molar-refractivity contribution in [2.45, 2.75) is 18.8 Å². The molecule has 0 atom stereocenters. The number of hydrogen-bond donors (Lipinski definition) is 2. The topological polar surface area (TPSA) is 98.2 Å². The van der Waals surface area contributed by atoms with E-state index in [1.165, 1.54) is 6.26 Å². The van der Waals surface area contributed by atoms with Crippen LogP contribution in [0.3, 0.4) is 0 Å². The molecule has 0 aliphatic heterocycles. The molecule has 7 heteroatoms. The lowest BCUT2D eigenvalue weighted by Crippen LogP contribution is -2.24. The van der Waals surface area contributed by atoms with Gasteiger partial charge in [0.15, 0.2) is 0 Å². The molecule has 6 nitrogen and oxygen atoms in total. The van der Waals surface area contributed by atoms with Crippen LogP contribution in [0.1, 0.15) is 16.8 Å². The molecule has 0 unspecified atom stereocenters. The number of nitrogens with zero attached hydrogens (tertiary/aromatic N) is 1. The van der Waals surface area contributed by atoms with Gasteiger partial charge in [0, 0.05) is 12.6 Å². The summed E-state index contributed by atoms with van der Waals surface area (Å²) in [6, 6.07) is 8.81. The van der Waals surface area contributed by atoms with Gasteiger partial charge in [-0.2, -0.15) is 0 Å². The number of aromatic nitrogens is 1. The molecule has 0 bridgehead atoms. The molecular formula is C12H15N3O3S. The number of benzene rings is 1. The summed E-state index contributed by atoms with van der Waals surface area (Å²) in [6.07, 6.45) is 1.40. The fourth-order valence-corrected chi connectivity index (χ4v) is 2.72. The Balaban J connectivity index is 2.00. The monoisotopic (exact) mass is 281 g/mol. The minimum absolute atomic E-state index is 0.0846. The second-order valence-electron chi connectivity index (χ2n) is 4.10. The second-order valence-corrected chi connectivity index (χ2v) is 5.90. The van der Waals surface area contributed by atoms with E-state index in [1.54, 1.807) is 24.3 Å². The molecule has 1 aromatic carbocycles. The van der Waals surface area contributed by atoms with Crippen molar-refractivity contribution in [3.05, 3.63) is 53.4 Å². The first-order valence-corrected chi connectivity index (χ1v) is 7.39. The smallest absolute Gasteiger partial charge is 0.216 e. The fourth-order valence-electron chi connectivity index (χ4n) is 1.63. The average Bonchev–Trinajstić information content (AvgIpc) is 2.89. The molecule has 102 valence electrons. The number of nitrogens with one attached hydrogen (secondary N) is 1. The molecule has 0 aliphatic carbocycles. The predicted octanol–water partition coefficient (Wildman–Crippen LogP) is 0.753. The minimum Gasteiger partial charge on any atom is -0.364 e. The summed E-state index contributed by atoms with van der Waals surface area (Å²) < 4.78 is 30.9. The lowest BCUT2D eigenvalue weighted by Gasteiger charge is -2.06. The molecule has 19 heavy (non-hydrogen) atoms. The Bertz CT molecular complexity index is 623. The van der Waals surface area contributed by atoms with Crippen LogP contribution in [0.2, 0.25) is 0 Å². The van der Waals surface area contributed by atoms with Crippen molar-refractivity contribution in [3.8, 4) is 0 Å². The average molecular weight is 281 g/mol. The van der Waals surface area contributed by atoms with Gasteiger partial charge in [-0.15, -0.1) is 0 Å². The lowest BCUT2D eigenvalue weighted by molar-refractivity contribution is 0.411. The van der Waals surface area contributed by atoms with Crippen molar-refractivity contribution in [2.75, 3.05) is 0 Å². The molecule has 0 aliphatic rings. The first-order valence-electron chi connectivity index (χ1n) is 5.73. The zero-order valence-electron chi connectivity index (χ0n) is 10.2. The number of sulfonamides is 1. The van der Waals surface area contributed by atoms with Crippen molar-refractivity contribution >= 4 is 10.0 Å². The van der Waals surface area contributed by atoms with E-state index in [2.05, 4.69) is 14.4 Å². The van der Waals surface area contributed by atoms with Crippen LogP contribution >= 0.6 is 0 Å². The number of nitrogens with two attached hydrogens (primary N) is 1. The highest BCUT2D eigenvalue weighted by Crippen LogP contribution is 2.08. The fraction of sp³-hybridized carbons (Fsp3) is 0.250. The van der Waals surface area contributed by atoms with Crippen LogP contribution in [-0.2, 0) is 28.9 Å². The molecule has 2 rings (SSSR count). The van der Waals surface area contributed by atoms with Crippen LogP contribution in [0.15, 0.2) is 41.1 Å². The normalized spacial score (nSPS) is 11.6. The predicted molar refractivity (Wildman–Crippen MR) is 70.3 cm³/mol. The van der Waals surface area contributed by atoms with Crippen LogP contribution < -0.4 is 10.5 Å². The van der Waals surface area contributed by atoms with Gasteiger partial charge >= 0.3 is 0 Å². The summed E-state index contributed by atoms with van der Waals surface area (Å²) in [4.78, 5) is 0. The van der Waals surface area contributed by atoms with E-state index in [9.17, 15) is 8.42 Å². The van der Waals surface area contributed by atoms with Crippen LogP contribution in [-0.4, -0.2) is 13.6 Å². The quantitative estimate of drug-likeness (QED) is 0.814. The summed E-state index contributed by atoms with van der Waals surface area (Å²) in [7, 11) is -3.41. The van der Waals surface area contributed by atoms with Crippen molar-refractivity contribution in [2.24, 2.45) is 5.73 Å². The minimum atomic E-state index is -3.41. The van der Waals surface area contributed by atoms with Gasteiger partial charge in [0.25, 0.3) is 0 Å². The van der Waals surface area contributed by atoms with E-state index in [-0.39, 0.29) is 12.3 Å². The standard InChI is InChI=1S/C12H15N3O3S/c13-7-10-2-1-3-11(6-10)9-19(16,17)14-8-12-4-5-18-15-12/h1-6,14H,7-9,13H2. The number of rotatable bonds is 6. The molecule has 0 radical (unpaired) electrons. The second kappa shape index (κ2) is 5.96. The zero-order chi connectivity index (χ0) is 13.7. The van der Waals surface area contributed by atoms with E-state index in [0.717, 1.165) is 5.56 Å². The first-order chi connectivity index (χ1) is 9.09. The summed E-state index contributed by atoms with van der Waals surface area (Å²) in [5.41, 5.74) is 7.67. The van der Waals surface area contributed by atoms with E-state index in [1.807, 2.05) is 6.07 Å². The lowest BCUT2D eigenvalue weighted by atomic mass is 10.1. The van der Waals surface area contributed by atoms with Crippen LogP contribution in [0, 0.1) is 0 Å². The third-order valence-electron chi connectivity index (χ3n) is 2.55. The van der Waals surface area contributed by atoms with Crippen LogP contribution in [0.25, 0.3) is 0 Å². The van der Waals surface area contributed by atoms with Crippen LogP contribution in [0.5, 0.6) is 0 Å². The van der Waals surface area contributed by atoms with Crippen molar-refractivity contribution < 1.29 is 12.9 Å². The Morgan fingerprint density at radius 1 is 1.26 bits per heavy atom. The highest BCUT2D eigenvalue weighted by molar-refractivity contribution is 7.88. The Hall–Kier alpha value is -1.70. The molecule has 1 heterocycles. The van der Waals surface area contributed by atoms with Gasteiger partial charge in [-0.25, -0.2) is 13.1 Å². The molecule has 0 saturated heterocycles. The molecule has 2 aromatic rings. The molecule has 0 spiro atoms. The summed E-state index contributed by atoms with van der Waals surface area (Å²) in [5.74, 6) is -0.0846. The van der Waals surface area contributed by atoms with Gasteiger partial charge in [-0.05, 0) is 11.1 Å². The van der Waals surface area contributed by atoms with E-state index in [4.69, 9.17) is 5.73 Å². The van der Waals surface area contributed by atoms with Gasteiger partial charge in [-0.3, -0.25) is 0 Å². The Morgan fingerprint density at radius 3 is 2.74 bits per heavy atom. The Morgan fingerprint density at radius 2 is 2.05 bits per heavy atom. The summed E-state index contributed by atoms with van der Waals surface area (Å²) >= 11 is 0. The molecule has 3 N–H and O–H groups in total. The summed E-state index contributed by atoms with van der Waals surface area (Å²) in [6.45, 7) is 0.510. The molecular weight excluding hydrogens is 266 g/mol. The number of hydrogen-bond acceptors (Lipinski definition) is 5. The van der Waals surface area contributed by atoms with Gasteiger partial charge in [0.1, 0.15) is 6.26 Å². The Labute approximate surface area is 111 Å². The molecule has 0 saturated carbocycles. The van der Waals surface area contributed by atoms with E-state index >= 15 is 0 Å². The van der Waals surface area contributed by atoms with Crippen LogP contribution in [0.4, 0.5) is 0 Å². The first kappa shape index (κ1) is 13.7. The highest BCUT2D eigenvalue weighted by Gasteiger charge is 2.12. The maximum atomic E-state index is 11.9. The van der Waals surface area contributed by atoms with E-state index in [0.29, 0.717) is 17.8 Å². The van der Waals surface area contributed by atoms with Crippen molar-refractivity contribution in [3.63, 3.8) is 0 Å². The molecule has 1 aromatic heterocycles. The van der Waals surface area contributed by atoms with Gasteiger partial charge in [0.05, 0.1) is 18.0 Å². The SMILES string of the molecule is NCc1cccc(CS(=O)(=O)NCc2ccon2)c1. The van der Waals surface area contributed by atoms with Gasteiger partial charge in [0.2, 0.25) is 10.0 Å². The maximum Gasteiger partial charge on any atom is 0.216 e. The largest absolute Gasteiger partial charge is 0.364 e. The highest BCUT2D eigenvalue weighted by atomic mass is 32.2.